The van der Waals surface area contributed by atoms with Crippen LogP contribution in [0.1, 0.15) is 82.5 Å². The monoisotopic (exact) mass is 764 g/mol. The van der Waals surface area contributed by atoms with E-state index in [4.69, 9.17) is 14.2 Å². The van der Waals surface area contributed by atoms with E-state index in [1.54, 1.807) is 6.92 Å². The van der Waals surface area contributed by atoms with Gasteiger partial charge in [-0.25, -0.2) is 19.6 Å². The van der Waals surface area contributed by atoms with Crippen LogP contribution in [-0.2, 0) is 37.0 Å². The van der Waals surface area contributed by atoms with Crippen LogP contribution in [-0.4, -0.2) is 74.0 Å². The van der Waals surface area contributed by atoms with Crippen molar-refractivity contribution in [1.82, 2.24) is 39.2 Å². The standard InChI is InChI=1S/C21H24N4O4.C19H20N4O4/c1-2-28-19(27)21(11-7-4-8-12-21)29-14-16-13-17(26)25-20(22-16)23-18(24-25)15-9-5-3-6-10-15;24-15-11-14(12-27-19(17(25)26)9-5-2-6-10-19)20-18-21-16(22-23(15)18)13-7-3-1-4-8-13/h3,5-6,9-10,13H,2,4,7-8,11-12,14H2,1H3,(H,22,23,24);1,3-4,7-8,11H,2,5-6,9-10,12H2,(H,25,26)(H,20,21,22). The number of carbonyl (C=O) groups excluding carboxylic acids is 1. The topological polar surface area (TPSA) is 208 Å². The number of rotatable bonds is 11. The second-order valence-electron chi connectivity index (χ2n) is 14.0. The molecule has 2 fully saturated rings. The van der Waals surface area contributed by atoms with Crippen molar-refractivity contribution in [2.45, 2.75) is 95.5 Å². The fourth-order valence-corrected chi connectivity index (χ4v) is 7.21. The summed E-state index contributed by atoms with van der Waals surface area (Å²) in [7, 11) is 0. The second kappa shape index (κ2) is 16.8. The van der Waals surface area contributed by atoms with Crippen molar-refractivity contribution in [3.8, 4) is 22.8 Å². The lowest BCUT2D eigenvalue weighted by Gasteiger charge is -2.34. The Balaban J connectivity index is 0.000000172. The first-order valence-electron chi connectivity index (χ1n) is 19.0. The molecule has 0 atom stereocenters. The van der Waals surface area contributed by atoms with Crippen LogP contribution in [0.3, 0.4) is 0 Å². The smallest absolute Gasteiger partial charge is 0.338 e. The Morgan fingerprint density at radius 3 is 1.52 bits per heavy atom. The lowest BCUT2D eigenvalue weighted by molar-refractivity contribution is -0.179. The molecule has 0 saturated heterocycles. The number of nitrogens with one attached hydrogen (secondary N) is 2. The van der Waals surface area contributed by atoms with E-state index in [2.05, 4.69) is 30.1 Å². The number of benzene rings is 2. The summed E-state index contributed by atoms with van der Waals surface area (Å²) in [6, 6.07) is 21.7. The van der Waals surface area contributed by atoms with Crippen LogP contribution in [0.25, 0.3) is 34.3 Å². The van der Waals surface area contributed by atoms with Crippen LogP contribution in [0, 0.1) is 0 Å². The highest BCUT2D eigenvalue weighted by Crippen LogP contribution is 2.34. The average molecular weight is 765 g/mol. The van der Waals surface area contributed by atoms with Gasteiger partial charge in [0.1, 0.15) is 0 Å². The number of aromatic amines is 2. The van der Waals surface area contributed by atoms with E-state index in [1.165, 1.54) is 21.2 Å². The van der Waals surface area contributed by atoms with Gasteiger partial charge in [-0.3, -0.25) is 19.8 Å². The summed E-state index contributed by atoms with van der Waals surface area (Å²) in [5.41, 5.74) is -0.231. The van der Waals surface area contributed by atoms with Gasteiger partial charge in [0.05, 0.1) is 31.2 Å². The number of carboxylic acids is 1. The Bertz CT molecular complexity index is 2410. The first-order valence-corrected chi connectivity index (χ1v) is 19.0. The van der Waals surface area contributed by atoms with Crippen molar-refractivity contribution in [3.05, 3.63) is 105 Å². The molecule has 292 valence electrons. The zero-order valence-corrected chi connectivity index (χ0v) is 31.1. The van der Waals surface area contributed by atoms with Crippen molar-refractivity contribution in [3.63, 3.8) is 0 Å². The van der Waals surface area contributed by atoms with Crippen LogP contribution in [0.15, 0.2) is 82.4 Å². The maximum Gasteiger partial charge on any atom is 0.338 e. The van der Waals surface area contributed by atoms with E-state index in [9.17, 15) is 24.3 Å². The van der Waals surface area contributed by atoms with Gasteiger partial charge in [0.15, 0.2) is 22.9 Å². The molecule has 2 saturated carbocycles. The first-order chi connectivity index (χ1) is 27.2. The number of hydrogen-bond acceptors (Lipinski definition) is 11. The zero-order valence-electron chi connectivity index (χ0n) is 31.1. The minimum Gasteiger partial charge on any atom is -0.479 e. The second-order valence-corrected chi connectivity index (χ2v) is 14.0. The van der Waals surface area contributed by atoms with E-state index in [0.29, 0.717) is 55.3 Å². The Hall–Kier alpha value is -6.00. The number of hydrogen-bond donors (Lipinski definition) is 3. The molecule has 0 aliphatic heterocycles. The molecule has 8 rings (SSSR count). The van der Waals surface area contributed by atoms with E-state index in [0.717, 1.165) is 49.7 Å². The zero-order chi connectivity index (χ0) is 39.1. The molecule has 16 nitrogen and oxygen atoms in total. The van der Waals surface area contributed by atoms with Gasteiger partial charge < -0.3 is 19.3 Å². The van der Waals surface area contributed by atoms with Crippen LogP contribution >= 0.6 is 0 Å². The predicted molar refractivity (Wildman–Crippen MR) is 204 cm³/mol. The number of aromatic nitrogens is 8. The van der Waals surface area contributed by atoms with E-state index in [1.807, 2.05) is 60.7 Å². The SMILES string of the molecule is CCOC(=O)C1(OCc2cc(=O)n3[nH]c(-c4ccccc4)nc3n2)CCCCC1.O=C(O)C1(OCc2cc(=O)n3[nH]c(-c4ccccc4)nc3n2)CCCCC1. The maximum absolute atomic E-state index is 12.5. The molecular weight excluding hydrogens is 720 g/mol. The summed E-state index contributed by atoms with van der Waals surface area (Å²) >= 11 is 0. The van der Waals surface area contributed by atoms with Gasteiger partial charge >= 0.3 is 11.9 Å². The molecule has 0 radical (unpaired) electrons. The molecule has 0 spiro atoms. The highest BCUT2D eigenvalue weighted by molar-refractivity contribution is 5.79. The molecule has 0 bridgehead atoms. The molecule has 4 heterocycles. The number of ether oxygens (including phenoxy) is 3. The molecule has 2 aliphatic carbocycles. The number of fused-ring (bicyclic) bond motifs is 2. The number of H-pyrrole nitrogens is 2. The predicted octanol–water partition coefficient (Wildman–Crippen LogP) is 5.26. The minimum absolute atomic E-state index is 0.0361. The first kappa shape index (κ1) is 38.3. The summed E-state index contributed by atoms with van der Waals surface area (Å²) in [4.78, 5) is 66.8. The van der Waals surface area contributed by atoms with Crippen LogP contribution in [0.5, 0.6) is 0 Å². The summed E-state index contributed by atoms with van der Waals surface area (Å²) in [6.07, 6.45) is 7.74. The molecule has 3 N–H and O–H groups in total. The molecule has 16 heteroatoms. The molecule has 0 amide bonds. The highest BCUT2D eigenvalue weighted by Gasteiger charge is 2.43. The number of nitrogens with zero attached hydrogens (tertiary/aromatic N) is 6. The van der Waals surface area contributed by atoms with Crippen molar-refractivity contribution in [2.75, 3.05) is 6.61 Å². The Morgan fingerprint density at radius 1 is 0.661 bits per heavy atom. The maximum atomic E-state index is 12.5. The lowest BCUT2D eigenvalue weighted by atomic mass is 9.84. The molecule has 2 aliphatic rings. The van der Waals surface area contributed by atoms with Gasteiger partial charge in [0, 0.05) is 23.3 Å². The van der Waals surface area contributed by atoms with Crippen molar-refractivity contribution in [2.24, 2.45) is 0 Å². The fourth-order valence-electron chi connectivity index (χ4n) is 7.21. The van der Waals surface area contributed by atoms with Gasteiger partial charge in [0.25, 0.3) is 22.7 Å². The van der Waals surface area contributed by atoms with Gasteiger partial charge in [-0.05, 0) is 58.3 Å². The summed E-state index contributed by atoms with van der Waals surface area (Å²) in [5, 5.41) is 15.5. The van der Waals surface area contributed by atoms with Crippen molar-refractivity contribution < 1.29 is 28.9 Å². The summed E-state index contributed by atoms with van der Waals surface area (Å²) in [6.45, 7) is 2.11. The molecule has 4 aromatic heterocycles. The van der Waals surface area contributed by atoms with Gasteiger partial charge in [0.2, 0.25) is 0 Å². The van der Waals surface area contributed by atoms with Crippen molar-refractivity contribution >= 4 is 23.5 Å². The number of carboxylic acid groups (broad SMARTS) is 1. The Kier molecular flexibility index (Phi) is 11.5. The molecular formula is C40H44N8O8. The van der Waals surface area contributed by atoms with Crippen LogP contribution in [0.4, 0.5) is 0 Å². The average Bonchev–Trinajstić information content (AvgIpc) is 3.87. The van der Waals surface area contributed by atoms with E-state index >= 15 is 0 Å². The van der Waals surface area contributed by atoms with Crippen molar-refractivity contribution in [1.29, 1.82) is 0 Å². The van der Waals surface area contributed by atoms with Gasteiger partial charge in [-0.1, -0.05) is 73.5 Å². The summed E-state index contributed by atoms with van der Waals surface area (Å²) < 4.78 is 19.6. The molecule has 56 heavy (non-hydrogen) atoms. The van der Waals surface area contributed by atoms with E-state index in [-0.39, 0.29) is 41.9 Å². The number of carbonyl (C=O) groups is 2. The third kappa shape index (κ3) is 8.30. The highest BCUT2D eigenvalue weighted by atomic mass is 16.6. The lowest BCUT2D eigenvalue weighted by Crippen LogP contribution is -2.44. The van der Waals surface area contributed by atoms with Gasteiger partial charge in [-0.2, -0.15) is 19.0 Å². The third-order valence-electron chi connectivity index (χ3n) is 10.2. The molecule has 2 aromatic carbocycles. The van der Waals surface area contributed by atoms with E-state index < -0.39 is 17.2 Å². The Labute approximate surface area is 320 Å². The van der Waals surface area contributed by atoms with Crippen LogP contribution in [0.2, 0.25) is 0 Å². The fraction of sp³-hybridized carbons (Fsp3) is 0.400. The minimum atomic E-state index is -1.19. The quantitative estimate of drug-likeness (QED) is 0.145. The third-order valence-corrected chi connectivity index (χ3v) is 10.2. The van der Waals surface area contributed by atoms with Crippen LogP contribution < -0.4 is 11.1 Å². The molecule has 6 aromatic rings. The summed E-state index contributed by atoms with van der Waals surface area (Å²) in [5.74, 6) is 0.308. The van der Waals surface area contributed by atoms with Gasteiger partial charge in [-0.15, -0.1) is 0 Å². The largest absolute Gasteiger partial charge is 0.479 e. The number of aliphatic carboxylic acids is 1. The number of esters is 1. The molecule has 0 unspecified atom stereocenters. The normalized spacial score (nSPS) is 16.2. The Morgan fingerprint density at radius 2 is 1.09 bits per heavy atom.